The Labute approximate surface area is 195 Å². The zero-order valence-corrected chi connectivity index (χ0v) is 19.0. The molecule has 2 heterocycles. The Balaban J connectivity index is 1.22. The van der Waals surface area contributed by atoms with Crippen molar-refractivity contribution in [2.24, 2.45) is 0 Å². The van der Waals surface area contributed by atoms with Crippen LogP contribution in [0.3, 0.4) is 0 Å². The molecule has 3 aromatic carbocycles. The molecule has 1 fully saturated rings. The average Bonchev–Trinajstić information content (AvgIpc) is 3.24. The SMILES string of the molecule is CNCc1cccc(C2CCN(C(=O)c3ccc(-c4ccc5c(c4)COB5O)cc3)CC2)c1. The number of hydrogen-bond donors (Lipinski definition) is 2. The van der Waals surface area contributed by atoms with Gasteiger partial charge in [0.1, 0.15) is 0 Å². The van der Waals surface area contributed by atoms with Gasteiger partial charge in [-0.3, -0.25) is 4.79 Å². The van der Waals surface area contributed by atoms with Crippen LogP contribution >= 0.6 is 0 Å². The Bertz CT molecular complexity index is 1140. The van der Waals surface area contributed by atoms with E-state index in [1.54, 1.807) is 0 Å². The predicted octanol–water partition coefficient (Wildman–Crippen LogP) is 3.31. The number of fused-ring (bicyclic) bond motifs is 1. The first-order valence-electron chi connectivity index (χ1n) is 11.7. The predicted molar refractivity (Wildman–Crippen MR) is 131 cm³/mol. The van der Waals surface area contributed by atoms with Crippen LogP contribution in [0.4, 0.5) is 0 Å². The van der Waals surface area contributed by atoms with E-state index in [4.69, 9.17) is 4.65 Å². The number of likely N-dealkylation sites (tertiary alicyclic amines) is 1. The molecule has 168 valence electrons. The van der Waals surface area contributed by atoms with Crippen LogP contribution in [0, 0.1) is 0 Å². The van der Waals surface area contributed by atoms with E-state index in [1.807, 2.05) is 48.3 Å². The average molecular weight is 440 g/mol. The van der Waals surface area contributed by atoms with E-state index in [0.29, 0.717) is 12.5 Å². The quantitative estimate of drug-likeness (QED) is 0.598. The Morgan fingerprint density at radius 2 is 1.82 bits per heavy atom. The van der Waals surface area contributed by atoms with Gasteiger partial charge in [0, 0.05) is 25.2 Å². The zero-order chi connectivity index (χ0) is 22.8. The summed E-state index contributed by atoms with van der Waals surface area (Å²) < 4.78 is 5.29. The second-order valence-electron chi connectivity index (χ2n) is 9.00. The number of benzene rings is 3. The lowest BCUT2D eigenvalue weighted by Crippen LogP contribution is -2.37. The minimum Gasteiger partial charge on any atom is -0.423 e. The van der Waals surface area contributed by atoms with Crippen LogP contribution in [0.2, 0.25) is 0 Å². The fraction of sp³-hybridized carbons (Fsp3) is 0.296. The molecule has 5 rings (SSSR count). The highest BCUT2D eigenvalue weighted by Crippen LogP contribution is 2.30. The summed E-state index contributed by atoms with van der Waals surface area (Å²) in [6, 6.07) is 22.6. The maximum atomic E-state index is 13.1. The summed E-state index contributed by atoms with van der Waals surface area (Å²) in [5, 5.41) is 13.0. The van der Waals surface area contributed by atoms with Gasteiger partial charge in [-0.2, -0.15) is 0 Å². The first-order valence-corrected chi connectivity index (χ1v) is 11.7. The number of carbonyl (C=O) groups is 1. The summed E-state index contributed by atoms with van der Waals surface area (Å²) in [7, 11) is 1.14. The van der Waals surface area contributed by atoms with Crippen LogP contribution in [-0.4, -0.2) is 43.1 Å². The lowest BCUT2D eigenvalue weighted by Gasteiger charge is -2.32. The summed E-state index contributed by atoms with van der Waals surface area (Å²) in [4.78, 5) is 15.1. The van der Waals surface area contributed by atoms with Gasteiger partial charge < -0.3 is 19.9 Å². The number of piperidine rings is 1. The molecular formula is C27H29BN2O3. The third-order valence-electron chi connectivity index (χ3n) is 6.86. The van der Waals surface area contributed by atoms with Gasteiger partial charge in [-0.1, -0.05) is 48.5 Å². The van der Waals surface area contributed by atoms with Crippen molar-refractivity contribution in [1.82, 2.24) is 10.2 Å². The number of carbonyl (C=O) groups excluding carboxylic acids is 1. The molecule has 1 amide bonds. The van der Waals surface area contributed by atoms with E-state index in [1.165, 1.54) is 11.1 Å². The van der Waals surface area contributed by atoms with Gasteiger partial charge in [-0.05, 0) is 77.3 Å². The molecule has 0 radical (unpaired) electrons. The highest BCUT2D eigenvalue weighted by molar-refractivity contribution is 6.61. The molecule has 2 aliphatic heterocycles. The maximum Gasteiger partial charge on any atom is 0.491 e. The van der Waals surface area contributed by atoms with Gasteiger partial charge in [-0.25, -0.2) is 0 Å². The Hall–Kier alpha value is -2.93. The Morgan fingerprint density at radius 3 is 2.58 bits per heavy atom. The van der Waals surface area contributed by atoms with E-state index >= 15 is 0 Å². The van der Waals surface area contributed by atoms with Gasteiger partial charge in [0.2, 0.25) is 0 Å². The highest BCUT2D eigenvalue weighted by Gasteiger charge is 2.27. The summed E-state index contributed by atoms with van der Waals surface area (Å²) in [5.74, 6) is 0.616. The molecule has 2 aliphatic rings. The summed E-state index contributed by atoms with van der Waals surface area (Å²) in [6.07, 6.45) is 1.99. The molecule has 0 aliphatic carbocycles. The number of rotatable bonds is 5. The third-order valence-corrected chi connectivity index (χ3v) is 6.86. The van der Waals surface area contributed by atoms with Gasteiger partial charge in [0.25, 0.3) is 5.91 Å². The van der Waals surface area contributed by atoms with Gasteiger partial charge in [0.05, 0.1) is 6.61 Å². The van der Waals surface area contributed by atoms with Crippen LogP contribution in [0.1, 0.15) is 45.8 Å². The van der Waals surface area contributed by atoms with E-state index < -0.39 is 7.12 Å². The minimum absolute atomic E-state index is 0.106. The van der Waals surface area contributed by atoms with Crippen LogP contribution in [0.5, 0.6) is 0 Å². The molecule has 33 heavy (non-hydrogen) atoms. The molecule has 5 nitrogen and oxygen atoms in total. The van der Waals surface area contributed by atoms with Crippen molar-refractivity contribution in [3.05, 3.63) is 89.0 Å². The van der Waals surface area contributed by atoms with Crippen LogP contribution in [0.25, 0.3) is 11.1 Å². The minimum atomic E-state index is -0.824. The summed E-state index contributed by atoms with van der Waals surface area (Å²) >= 11 is 0. The highest BCUT2D eigenvalue weighted by atomic mass is 16.5. The van der Waals surface area contributed by atoms with Crippen molar-refractivity contribution in [3.63, 3.8) is 0 Å². The lowest BCUT2D eigenvalue weighted by molar-refractivity contribution is 0.0713. The fourth-order valence-electron chi connectivity index (χ4n) is 4.97. The molecule has 2 N–H and O–H groups in total. The largest absolute Gasteiger partial charge is 0.491 e. The molecule has 3 aromatic rings. The molecule has 0 bridgehead atoms. The van der Waals surface area contributed by atoms with Crippen LogP contribution < -0.4 is 10.8 Å². The summed E-state index contributed by atoms with van der Waals surface area (Å²) in [5.41, 5.74) is 7.38. The molecule has 1 saturated heterocycles. The van der Waals surface area contributed by atoms with Gasteiger partial charge >= 0.3 is 7.12 Å². The van der Waals surface area contributed by atoms with Crippen molar-refractivity contribution < 1.29 is 14.5 Å². The number of nitrogens with one attached hydrogen (secondary N) is 1. The van der Waals surface area contributed by atoms with E-state index in [-0.39, 0.29) is 5.91 Å². The first kappa shape index (κ1) is 21.9. The molecule has 0 saturated carbocycles. The van der Waals surface area contributed by atoms with Crippen molar-refractivity contribution in [1.29, 1.82) is 0 Å². The normalized spacial score (nSPS) is 16.2. The molecule has 0 unspecified atom stereocenters. The molecule has 0 spiro atoms. The third kappa shape index (κ3) is 4.60. The molecule has 0 aromatic heterocycles. The molecule has 6 heteroatoms. The number of nitrogens with zero attached hydrogens (tertiary/aromatic N) is 1. The summed E-state index contributed by atoms with van der Waals surface area (Å²) in [6.45, 7) is 2.88. The van der Waals surface area contributed by atoms with E-state index in [9.17, 15) is 9.82 Å². The van der Waals surface area contributed by atoms with Crippen molar-refractivity contribution >= 4 is 18.5 Å². The Kier molecular flexibility index (Phi) is 6.31. The molecule has 0 atom stereocenters. The molecular weight excluding hydrogens is 411 g/mol. The zero-order valence-electron chi connectivity index (χ0n) is 19.0. The van der Waals surface area contributed by atoms with Gasteiger partial charge in [-0.15, -0.1) is 0 Å². The second-order valence-corrected chi connectivity index (χ2v) is 9.00. The first-order chi connectivity index (χ1) is 16.1. The smallest absolute Gasteiger partial charge is 0.423 e. The van der Waals surface area contributed by atoms with Crippen molar-refractivity contribution in [3.8, 4) is 11.1 Å². The van der Waals surface area contributed by atoms with Crippen LogP contribution in [0.15, 0.2) is 66.7 Å². The number of amides is 1. The Morgan fingerprint density at radius 1 is 1.06 bits per heavy atom. The monoisotopic (exact) mass is 440 g/mol. The second kappa shape index (κ2) is 9.52. The lowest BCUT2D eigenvalue weighted by atomic mass is 9.79. The van der Waals surface area contributed by atoms with Gasteiger partial charge in [0.15, 0.2) is 0 Å². The topological polar surface area (TPSA) is 61.8 Å². The van der Waals surface area contributed by atoms with E-state index in [0.717, 1.165) is 60.2 Å². The van der Waals surface area contributed by atoms with Crippen LogP contribution in [-0.2, 0) is 17.8 Å². The van der Waals surface area contributed by atoms with Crippen molar-refractivity contribution in [2.45, 2.75) is 31.9 Å². The van der Waals surface area contributed by atoms with E-state index in [2.05, 4.69) is 35.6 Å². The maximum absolute atomic E-state index is 13.1. The van der Waals surface area contributed by atoms with Crippen molar-refractivity contribution in [2.75, 3.05) is 20.1 Å². The standard InChI is InChI=1S/C27H29BN2O3/c1-29-17-19-3-2-4-23(15-19)21-11-13-30(14-12-21)27(31)22-7-5-20(6-8-22)24-9-10-26-25(16-24)18-33-28(26)32/h2-10,15-16,21,29,32H,11-14,17-18H2,1H3. The number of hydrogen-bond acceptors (Lipinski definition) is 4. The fourth-order valence-corrected chi connectivity index (χ4v) is 4.97.